The standard InChI is InChI=1S/C26H32FN5O5/c1-4-30-13-15(2)32-21-19(23(33)22(32)26(30)36)24(34)31-14-16-8-9-17(27)12-18(16)37-11-7-5-6-10-29(3)25(35)20(21)28-31/h8-9,12,15,19,21,33H,4-7,10-11,13-14H2,1-3H3/t15-,19?,21?/m0/s1. The fourth-order valence-electron chi connectivity index (χ4n) is 5.64. The number of carbonyl (C=O) groups is 3. The van der Waals surface area contributed by atoms with Gasteiger partial charge < -0.3 is 24.5 Å². The smallest absolute Gasteiger partial charge is 0.273 e. The molecule has 0 aromatic heterocycles. The molecule has 1 saturated heterocycles. The highest BCUT2D eigenvalue weighted by Crippen LogP contribution is 2.42. The lowest BCUT2D eigenvalue weighted by atomic mass is 9.91. The van der Waals surface area contributed by atoms with Crippen molar-refractivity contribution in [3.63, 3.8) is 0 Å². The molecule has 0 spiro atoms. The number of amides is 3. The van der Waals surface area contributed by atoms with Gasteiger partial charge in [-0.05, 0) is 39.2 Å². The molecule has 2 unspecified atom stereocenters. The minimum Gasteiger partial charge on any atom is -0.509 e. The van der Waals surface area contributed by atoms with Crippen molar-refractivity contribution in [2.45, 2.75) is 51.7 Å². The molecule has 4 aliphatic heterocycles. The molecule has 1 N–H and O–H groups in total. The number of aliphatic hydroxyl groups is 1. The number of ether oxygens (including phenoxy) is 1. The molecule has 198 valence electrons. The zero-order valence-electron chi connectivity index (χ0n) is 21.3. The van der Waals surface area contributed by atoms with E-state index in [-0.39, 0.29) is 41.6 Å². The molecule has 10 nitrogen and oxygen atoms in total. The van der Waals surface area contributed by atoms with Crippen LogP contribution in [0.25, 0.3) is 0 Å². The van der Waals surface area contributed by atoms with Crippen LogP contribution in [0.15, 0.2) is 34.8 Å². The second kappa shape index (κ2) is 9.68. The zero-order valence-corrected chi connectivity index (χ0v) is 21.3. The summed E-state index contributed by atoms with van der Waals surface area (Å²) < 4.78 is 19.9. The van der Waals surface area contributed by atoms with E-state index in [0.717, 1.165) is 24.3 Å². The number of halogens is 1. The Morgan fingerprint density at radius 2 is 1.95 bits per heavy atom. The van der Waals surface area contributed by atoms with Gasteiger partial charge in [0.05, 0.1) is 19.2 Å². The molecule has 1 fully saturated rings. The number of carbonyl (C=O) groups excluding carboxylic acids is 3. The SMILES string of the molecule is CCN1C[C@H](C)N2C(=C(O)C3C(=O)N4Cc5ccc(F)cc5OCCCCCN(C)C(=O)C(=N4)C32)C1=O. The zero-order chi connectivity index (χ0) is 26.4. The third kappa shape index (κ3) is 4.19. The number of hydrogen-bond donors (Lipinski definition) is 1. The molecule has 0 radical (unpaired) electrons. The van der Waals surface area contributed by atoms with Crippen LogP contribution in [0.3, 0.4) is 0 Å². The molecule has 37 heavy (non-hydrogen) atoms. The third-order valence-electron chi connectivity index (χ3n) is 7.58. The van der Waals surface area contributed by atoms with Gasteiger partial charge in [0.2, 0.25) is 0 Å². The molecular formula is C26H32FN5O5. The summed E-state index contributed by atoms with van der Waals surface area (Å²) in [5.74, 6) is -2.90. The fourth-order valence-corrected chi connectivity index (χ4v) is 5.64. The summed E-state index contributed by atoms with van der Waals surface area (Å²) >= 11 is 0. The van der Waals surface area contributed by atoms with Crippen molar-refractivity contribution >= 4 is 23.4 Å². The first-order valence-corrected chi connectivity index (χ1v) is 12.8. The summed E-state index contributed by atoms with van der Waals surface area (Å²) in [5, 5.41) is 17.0. The van der Waals surface area contributed by atoms with Gasteiger partial charge in [-0.25, -0.2) is 9.40 Å². The molecule has 0 saturated carbocycles. The number of piperazine rings is 1. The van der Waals surface area contributed by atoms with Crippen LogP contribution >= 0.6 is 0 Å². The minimum atomic E-state index is -1.15. The Bertz CT molecular complexity index is 1200. The summed E-state index contributed by atoms with van der Waals surface area (Å²) in [4.78, 5) is 45.6. The number of rotatable bonds is 1. The fraction of sp³-hybridized carbons (Fsp3) is 0.538. The first-order valence-electron chi connectivity index (χ1n) is 12.8. The van der Waals surface area contributed by atoms with Crippen LogP contribution in [0.2, 0.25) is 0 Å². The van der Waals surface area contributed by atoms with E-state index in [0.29, 0.717) is 37.6 Å². The summed E-state index contributed by atoms with van der Waals surface area (Å²) in [6, 6.07) is 2.96. The van der Waals surface area contributed by atoms with Crippen LogP contribution in [0.4, 0.5) is 4.39 Å². The minimum absolute atomic E-state index is 0.0534. The Kier molecular flexibility index (Phi) is 6.55. The van der Waals surface area contributed by atoms with Crippen LogP contribution in [0.5, 0.6) is 5.75 Å². The van der Waals surface area contributed by atoms with Crippen LogP contribution in [-0.2, 0) is 20.9 Å². The van der Waals surface area contributed by atoms with Crippen molar-refractivity contribution in [2.75, 3.05) is 33.3 Å². The lowest BCUT2D eigenvalue weighted by Crippen LogP contribution is -2.61. The number of hydrazone groups is 1. The van der Waals surface area contributed by atoms with Gasteiger partial charge in [-0.1, -0.05) is 6.07 Å². The van der Waals surface area contributed by atoms with E-state index in [4.69, 9.17) is 4.74 Å². The average molecular weight is 514 g/mol. The molecule has 1 aromatic carbocycles. The van der Waals surface area contributed by atoms with Crippen molar-refractivity contribution < 1.29 is 28.6 Å². The highest BCUT2D eigenvalue weighted by molar-refractivity contribution is 6.42. The monoisotopic (exact) mass is 513 g/mol. The molecule has 4 aliphatic rings. The highest BCUT2D eigenvalue weighted by Gasteiger charge is 2.58. The Morgan fingerprint density at radius 3 is 2.70 bits per heavy atom. The molecule has 0 aliphatic carbocycles. The largest absolute Gasteiger partial charge is 0.509 e. The third-order valence-corrected chi connectivity index (χ3v) is 7.58. The molecule has 2 bridgehead atoms. The van der Waals surface area contributed by atoms with Gasteiger partial charge in [0.15, 0.2) is 0 Å². The van der Waals surface area contributed by atoms with E-state index >= 15 is 0 Å². The van der Waals surface area contributed by atoms with Crippen molar-refractivity contribution in [1.82, 2.24) is 19.7 Å². The summed E-state index contributed by atoms with van der Waals surface area (Å²) in [5.41, 5.74) is 0.677. The quantitative estimate of drug-likeness (QED) is 0.615. The van der Waals surface area contributed by atoms with E-state index in [1.54, 1.807) is 21.7 Å². The second-order valence-corrected chi connectivity index (χ2v) is 10.0. The van der Waals surface area contributed by atoms with Crippen molar-refractivity contribution in [3.8, 4) is 5.75 Å². The van der Waals surface area contributed by atoms with Crippen molar-refractivity contribution in [1.29, 1.82) is 0 Å². The predicted octanol–water partition coefficient (Wildman–Crippen LogP) is 1.87. The molecule has 11 heteroatoms. The van der Waals surface area contributed by atoms with E-state index < -0.39 is 23.7 Å². The molecular weight excluding hydrogens is 481 g/mol. The van der Waals surface area contributed by atoms with Crippen LogP contribution in [0.1, 0.15) is 38.7 Å². The van der Waals surface area contributed by atoms with Gasteiger partial charge in [0, 0.05) is 44.4 Å². The van der Waals surface area contributed by atoms with Crippen molar-refractivity contribution in [2.24, 2.45) is 11.0 Å². The van der Waals surface area contributed by atoms with Crippen LogP contribution in [0, 0.1) is 11.7 Å². The predicted molar refractivity (Wildman–Crippen MR) is 132 cm³/mol. The first kappa shape index (κ1) is 25.0. The number of hydrogen-bond acceptors (Lipinski definition) is 7. The first-order chi connectivity index (χ1) is 17.7. The summed E-state index contributed by atoms with van der Waals surface area (Å²) in [6.07, 6.45) is 2.27. The number of fused-ring (bicyclic) bond motifs is 6. The average Bonchev–Trinajstić information content (AvgIpc) is 3.19. The molecule has 4 heterocycles. The lowest BCUT2D eigenvalue weighted by Gasteiger charge is -2.44. The van der Waals surface area contributed by atoms with E-state index in [1.807, 2.05) is 13.8 Å². The number of nitrogens with zero attached hydrogens (tertiary/aromatic N) is 5. The second-order valence-electron chi connectivity index (χ2n) is 10.0. The van der Waals surface area contributed by atoms with Gasteiger partial charge in [0.1, 0.15) is 34.7 Å². The maximum Gasteiger partial charge on any atom is 0.273 e. The number of likely N-dealkylation sites (N-methyl/N-ethyl adjacent to an activating group) is 1. The van der Waals surface area contributed by atoms with Crippen LogP contribution in [-0.4, -0.2) is 93.6 Å². The van der Waals surface area contributed by atoms with Gasteiger partial charge in [-0.2, -0.15) is 5.10 Å². The Labute approximate surface area is 214 Å². The molecule has 5 rings (SSSR count). The summed E-state index contributed by atoms with van der Waals surface area (Å²) in [7, 11) is 1.69. The summed E-state index contributed by atoms with van der Waals surface area (Å²) in [6.45, 7) is 5.38. The highest BCUT2D eigenvalue weighted by atomic mass is 19.1. The Balaban J connectivity index is 1.62. The van der Waals surface area contributed by atoms with E-state index in [9.17, 15) is 23.9 Å². The number of benzene rings is 1. The molecule has 3 amide bonds. The molecule has 3 atom stereocenters. The Hall–Kier alpha value is -3.63. The molecule has 1 aromatic rings. The van der Waals surface area contributed by atoms with Gasteiger partial charge in [0.25, 0.3) is 17.7 Å². The maximum absolute atomic E-state index is 14.0. The van der Waals surface area contributed by atoms with Gasteiger partial charge in [-0.15, -0.1) is 0 Å². The van der Waals surface area contributed by atoms with Gasteiger partial charge in [-0.3, -0.25) is 14.4 Å². The number of aliphatic hydroxyl groups excluding tert-OH is 1. The lowest BCUT2D eigenvalue weighted by molar-refractivity contribution is -0.139. The van der Waals surface area contributed by atoms with Crippen molar-refractivity contribution in [3.05, 3.63) is 41.0 Å². The van der Waals surface area contributed by atoms with E-state index in [2.05, 4.69) is 5.10 Å². The van der Waals surface area contributed by atoms with E-state index in [1.165, 1.54) is 18.2 Å². The Morgan fingerprint density at radius 1 is 1.16 bits per heavy atom. The van der Waals surface area contributed by atoms with Gasteiger partial charge >= 0.3 is 0 Å². The normalized spacial score (nSPS) is 26.9. The topological polar surface area (TPSA) is 106 Å². The maximum atomic E-state index is 14.0. The van der Waals surface area contributed by atoms with Crippen LogP contribution < -0.4 is 4.74 Å².